The Morgan fingerprint density at radius 1 is 1.17 bits per heavy atom. The fraction of sp³-hybridized carbons (Fsp3) is 0.385. The molecule has 0 spiro atoms. The van der Waals surface area contributed by atoms with Crippen molar-refractivity contribution >= 4 is 27.9 Å². The second kappa shape index (κ2) is 5.52. The van der Waals surface area contributed by atoms with Crippen molar-refractivity contribution in [2.24, 2.45) is 11.3 Å². The van der Waals surface area contributed by atoms with E-state index in [1.807, 2.05) is 24.3 Å². The summed E-state index contributed by atoms with van der Waals surface area (Å²) in [6, 6.07) is 7.41. The zero-order chi connectivity index (χ0) is 13.9. The van der Waals surface area contributed by atoms with Gasteiger partial charge in [-0.05, 0) is 29.5 Å². The van der Waals surface area contributed by atoms with Crippen LogP contribution >= 0.6 is 15.9 Å². The number of benzene rings is 1. The Kier molecular flexibility index (Phi) is 4.51. The molecule has 0 saturated carbocycles. The maximum Gasteiger partial charge on any atom is 0.318 e. The first-order valence-electron chi connectivity index (χ1n) is 5.44. The zero-order valence-corrected chi connectivity index (χ0v) is 11.8. The Morgan fingerprint density at radius 3 is 2.00 bits per heavy atom. The van der Waals surface area contributed by atoms with Crippen molar-refractivity contribution in [2.45, 2.75) is 20.3 Å². The van der Waals surface area contributed by atoms with Gasteiger partial charge in [0.05, 0.1) is 0 Å². The lowest BCUT2D eigenvalue weighted by atomic mass is 9.74. The summed E-state index contributed by atoms with van der Waals surface area (Å²) in [6.45, 7) is 3.31. The number of carboxylic acid groups (broad SMARTS) is 2. The third-order valence-electron chi connectivity index (χ3n) is 2.85. The maximum atomic E-state index is 11.0. The van der Waals surface area contributed by atoms with Crippen LogP contribution in [0.15, 0.2) is 28.7 Å². The highest BCUT2D eigenvalue weighted by Crippen LogP contribution is 2.32. The number of rotatable bonds is 5. The van der Waals surface area contributed by atoms with Gasteiger partial charge in [0, 0.05) is 4.47 Å². The van der Waals surface area contributed by atoms with Crippen molar-refractivity contribution in [3.63, 3.8) is 0 Å². The first kappa shape index (κ1) is 14.7. The van der Waals surface area contributed by atoms with Gasteiger partial charge in [0.1, 0.15) is 0 Å². The molecule has 0 unspecified atom stereocenters. The summed E-state index contributed by atoms with van der Waals surface area (Å²) in [6.07, 6.45) is 0.392. The minimum atomic E-state index is -1.42. The highest BCUT2D eigenvalue weighted by Gasteiger charge is 2.41. The van der Waals surface area contributed by atoms with E-state index in [1.165, 1.54) is 0 Å². The second-order valence-electron chi connectivity index (χ2n) is 4.90. The topological polar surface area (TPSA) is 74.6 Å². The summed E-state index contributed by atoms with van der Waals surface area (Å²) >= 11 is 3.31. The van der Waals surface area contributed by atoms with Gasteiger partial charge in [-0.2, -0.15) is 0 Å². The second-order valence-corrected chi connectivity index (χ2v) is 5.82. The number of carboxylic acids is 2. The highest BCUT2D eigenvalue weighted by atomic mass is 79.9. The first-order chi connectivity index (χ1) is 8.24. The lowest BCUT2D eigenvalue weighted by Gasteiger charge is -2.28. The van der Waals surface area contributed by atoms with Crippen LogP contribution in [0.25, 0.3) is 0 Å². The quantitative estimate of drug-likeness (QED) is 0.819. The minimum absolute atomic E-state index is 0.392. The third kappa shape index (κ3) is 3.57. The molecule has 1 rings (SSSR count). The van der Waals surface area contributed by atoms with Crippen molar-refractivity contribution in [2.75, 3.05) is 0 Å². The van der Waals surface area contributed by atoms with E-state index in [1.54, 1.807) is 13.8 Å². The molecule has 4 nitrogen and oxygen atoms in total. The van der Waals surface area contributed by atoms with Crippen LogP contribution < -0.4 is 0 Å². The van der Waals surface area contributed by atoms with Crippen LogP contribution in [0.5, 0.6) is 0 Å². The van der Waals surface area contributed by atoms with Crippen molar-refractivity contribution in [3.8, 4) is 0 Å². The average molecular weight is 315 g/mol. The molecule has 0 aromatic heterocycles. The molecule has 0 aliphatic carbocycles. The van der Waals surface area contributed by atoms with Crippen molar-refractivity contribution in [3.05, 3.63) is 34.3 Å². The number of carbonyl (C=O) groups is 2. The molecule has 98 valence electrons. The Balaban J connectivity index is 2.95. The van der Waals surface area contributed by atoms with E-state index in [4.69, 9.17) is 10.2 Å². The maximum absolute atomic E-state index is 11.0. The van der Waals surface area contributed by atoms with Gasteiger partial charge in [0.15, 0.2) is 5.92 Å². The summed E-state index contributed by atoms with van der Waals surface area (Å²) in [5.41, 5.74) is 0.0570. The first-order valence-corrected chi connectivity index (χ1v) is 6.23. The standard InChI is InChI=1S/C13H15BrO4/c1-13(2,10(11(15)16)12(17)18)7-8-3-5-9(14)6-4-8/h3-6,10H,7H2,1-2H3,(H,15,16)(H,17,18). The van der Waals surface area contributed by atoms with Gasteiger partial charge in [-0.15, -0.1) is 0 Å². The van der Waals surface area contributed by atoms with Crippen molar-refractivity contribution in [1.29, 1.82) is 0 Å². The third-order valence-corrected chi connectivity index (χ3v) is 3.38. The molecule has 0 radical (unpaired) electrons. The molecular weight excluding hydrogens is 300 g/mol. The Labute approximate surface area is 114 Å². The van der Waals surface area contributed by atoms with Crippen LogP contribution in [0.1, 0.15) is 19.4 Å². The van der Waals surface area contributed by atoms with Gasteiger partial charge in [-0.3, -0.25) is 9.59 Å². The number of halogens is 1. The SMILES string of the molecule is CC(C)(Cc1ccc(Br)cc1)C(C(=O)O)C(=O)O. The fourth-order valence-electron chi connectivity index (χ4n) is 2.00. The van der Waals surface area contributed by atoms with Crippen LogP contribution in [-0.4, -0.2) is 22.2 Å². The highest BCUT2D eigenvalue weighted by molar-refractivity contribution is 9.10. The Hall–Kier alpha value is -1.36. The number of aliphatic carboxylic acids is 2. The summed E-state index contributed by atoms with van der Waals surface area (Å²) in [4.78, 5) is 22.1. The van der Waals surface area contributed by atoms with E-state index in [0.717, 1.165) is 10.0 Å². The fourth-order valence-corrected chi connectivity index (χ4v) is 2.27. The zero-order valence-electron chi connectivity index (χ0n) is 10.2. The summed E-state index contributed by atoms with van der Waals surface area (Å²) in [5, 5.41) is 18.0. The molecule has 2 N–H and O–H groups in total. The van der Waals surface area contributed by atoms with E-state index in [9.17, 15) is 9.59 Å². The predicted molar refractivity (Wildman–Crippen MR) is 70.4 cm³/mol. The monoisotopic (exact) mass is 314 g/mol. The summed E-state index contributed by atoms with van der Waals surface area (Å²) < 4.78 is 0.928. The van der Waals surface area contributed by atoms with Crippen LogP contribution in [0.3, 0.4) is 0 Å². The molecule has 0 fully saturated rings. The van der Waals surface area contributed by atoms with Gasteiger partial charge in [0.2, 0.25) is 0 Å². The average Bonchev–Trinajstić information content (AvgIpc) is 2.19. The van der Waals surface area contributed by atoms with E-state index < -0.39 is 23.3 Å². The van der Waals surface area contributed by atoms with Crippen LogP contribution in [0.4, 0.5) is 0 Å². The molecule has 0 saturated heterocycles. The largest absolute Gasteiger partial charge is 0.481 e. The molecule has 0 heterocycles. The molecule has 0 bridgehead atoms. The van der Waals surface area contributed by atoms with Gasteiger partial charge >= 0.3 is 11.9 Å². The number of hydrogen-bond acceptors (Lipinski definition) is 2. The molecule has 0 atom stereocenters. The van der Waals surface area contributed by atoms with Gasteiger partial charge in [-0.1, -0.05) is 41.9 Å². The van der Waals surface area contributed by atoms with Gasteiger partial charge in [0.25, 0.3) is 0 Å². The molecule has 1 aromatic rings. The van der Waals surface area contributed by atoms with Crippen molar-refractivity contribution < 1.29 is 19.8 Å². The van der Waals surface area contributed by atoms with Crippen LogP contribution in [0, 0.1) is 11.3 Å². The Morgan fingerprint density at radius 2 is 1.61 bits per heavy atom. The summed E-state index contributed by atoms with van der Waals surface area (Å²) in [5.74, 6) is -4.02. The smallest absolute Gasteiger partial charge is 0.318 e. The molecule has 1 aromatic carbocycles. The molecule has 0 amide bonds. The van der Waals surface area contributed by atoms with Crippen LogP contribution in [-0.2, 0) is 16.0 Å². The van der Waals surface area contributed by atoms with Crippen LogP contribution in [0.2, 0.25) is 0 Å². The van der Waals surface area contributed by atoms with Gasteiger partial charge in [-0.25, -0.2) is 0 Å². The minimum Gasteiger partial charge on any atom is -0.481 e. The van der Waals surface area contributed by atoms with E-state index in [2.05, 4.69) is 15.9 Å². The van der Waals surface area contributed by atoms with E-state index >= 15 is 0 Å². The van der Waals surface area contributed by atoms with Gasteiger partial charge < -0.3 is 10.2 Å². The molecule has 0 aliphatic heterocycles. The lowest BCUT2D eigenvalue weighted by molar-refractivity contribution is -0.160. The molecule has 5 heteroatoms. The van der Waals surface area contributed by atoms with Crippen molar-refractivity contribution in [1.82, 2.24) is 0 Å². The molecule has 18 heavy (non-hydrogen) atoms. The molecular formula is C13H15BrO4. The van der Waals surface area contributed by atoms with E-state index in [-0.39, 0.29) is 0 Å². The summed E-state index contributed by atoms with van der Waals surface area (Å²) in [7, 11) is 0. The molecule has 0 aliphatic rings. The normalized spacial score (nSPS) is 11.6. The van der Waals surface area contributed by atoms with E-state index in [0.29, 0.717) is 6.42 Å². The number of hydrogen-bond donors (Lipinski definition) is 2. The lowest BCUT2D eigenvalue weighted by Crippen LogP contribution is -2.38. The Bertz CT molecular complexity index is 437. The predicted octanol–water partition coefficient (Wildman–Crippen LogP) is 2.80.